The van der Waals surface area contributed by atoms with E-state index in [-0.39, 0.29) is 28.2 Å². The van der Waals surface area contributed by atoms with E-state index in [9.17, 15) is 19.5 Å². The van der Waals surface area contributed by atoms with Crippen molar-refractivity contribution in [2.24, 2.45) is 0 Å². The maximum absolute atomic E-state index is 12.3. The van der Waals surface area contributed by atoms with Crippen molar-refractivity contribution in [1.29, 1.82) is 0 Å². The summed E-state index contributed by atoms with van der Waals surface area (Å²) in [7, 11) is 0. The second kappa shape index (κ2) is 11.1. The zero-order valence-electron chi connectivity index (χ0n) is 14.7. The van der Waals surface area contributed by atoms with Gasteiger partial charge in [0, 0.05) is 15.6 Å². The van der Waals surface area contributed by atoms with E-state index >= 15 is 0 Å². The minimum Gasteiger partial charge on any atom is -0.478 e. The molecule has 0 saturated heterocycles. The third-order valence-electron chi connectivity index (χ3n) is 2.85. The highest BCUT2D eigenvalue weighted by Crippen LogP contribution is 2.22. The van der Waals surface area contributed by atoms with Gasteiger partial charge >= 0.3 is 5.97 Å². The smallest absolute Gasteiger partial charge is 0.337 e. The molecule has 1 amide bonds. The van der Waals surface area contributed by atoms with Crippen molar-refractivity contribution in [3.8, 4) is 0 Å². The number of carbonyl (C=O) groups is 3. The van der Waals surface area contributed by atoms with Crippen LogP contribution in [0.4, 0.5) is 5.69 Å². The van der Waals surface area contributed by atoms with E-state index in [0.29, 0.717) is 4.47 Å². The zero-order valence-corrected chi connectivity index (χ0v) is 16.3. The maximum atomic E-state index is 12.3. The van der Waals surface area contributed by atoms with E-state index in [4.69, 9.17) is 0 Å². The van der Waals surface area contributed by atoms with Gasteiger partial charge in [-0.15, -0.1) is 0 Å². The quantitative estimate of drug-likeness (QED) is 0.525. The number of amides is 1. The molecule has 6 heteroatoms. The minimum absolute atomic E-state index is 0.0436. The molecule has 0 aliphatic rings. The van der Waals surface area contributed by atoms with Gasteiger partial charge in [0.25, 0.3) is 5.91 Å². The molecule has 134 valence electrons. The molecule has 0 fully saturated rings. The summed E-state index contributed by atoms with van der Waals surface area (Å²) >= 11 is 3.19. The van der Waals surface area contributed by atoms with Crippen LogP contribution in [-0.2, 0) is 9.59 Å². The van der Waals surface area contributed by atoms with Gasteiger partial charge in [0.05, 0.1) is 11.3 Å². The number of ketones is 1. The molecular weight excluding hydrogens is 386 g/mol. The molecule has 25 heavy (non-hydrogen) atoms. The second-order valence-corrected chi connectivity index (χ2v) is 5.55. The molecule has 0 spiro atoms. The standard InChI is InChI=1S/C17H16BrNO4.C2H6/c1-4-5-12(8-10(2)11(3)20)16(21)19-15-7-6-13(18)9-14(15)17(22)23;1-2/h4-9H,2H2,1,3H3,(H,19,21)(H,22,23);1-2H3/b5-4-,12-8+;. The number of rotatable bonds is 6. The van der Waals surface area contributed by atoms with Crippen LogP contribution in [0, 0.1) is 0 Å². The van der Waals surface area contributed by atoms with Crippen LogP contribution in [0.3, 0.4) is 0 Å². The Kier molecular flexibility index (Phi) is 10.0. The molecule has 0 aliphatic heterocycles. The Morgan fingerprint density at radius 2 is 1.84 bits per heavy atom. The van der Waals surface area contributed by atoms with Gasteiger partial charge in [-0.2, -0.15) is 0 Å². The van der Waals surface area contributed by atoms with Crippen molar-refractivity contribution < 1.29 is 19.5 Å². The molecule has 0 radical (unpaired) electrons. The highest BCUT2D eigenvalue weighted by Gasteiger charge is 2.15. The number of benzene rings is 1. The monoisotopic (exact) mass is 407 g/mol. The fourth-order valence-corrected chi connectivity index (χ4v) is 2.02. The zero-order chi connectivity index (χ0) is 19.6. The molecule has 2 N–H and O–H groups in total. The molecule has 1 aromatic carbocycles. The number of carbonyl (C=O) groups excluding carboxylic acids is 2. The Balaban J connectivity index is 0.00000277. The Morgan fingerprint density at radius 3 is 2.32 bits per heavy atom. The summed E-state index contributed by atoms with van der Waals surface area (Å²) < 4.78 is 0.585. The summed E-state index contributed by atoms with van der Waals surface area (Å²) in [6.07, 6.45) is 4.51. The molecule has 0 atom stereocenters. The Hall–Kier alpha value is -2.47. The molecule has 1 rings (SSSR count). The van der Waals surface area contributed by atoms with Crippen molar-refractivity contribution in [2.75, 3.05) is 5.32 Å². The van der Waals surface area contributed by atoms with Crippen molar-refractivity contribution in [2.45, 2.75) is 27.7 Å². The number of hydrogen-bond donors (Lipinski definition) is 2. The van der Waals surface area contributed by atoms with Crippen LogP contribution in [0.5, 0.6) is 0 Å². The lowest BCUT2D eigenvalue weighted by atomic mass is 10.1. The first-order chi connectivity index (χ1) is 11.8. The molecule has 0 unspecified atom stereocenters. The summed E-state index contributed by atoms with van der Waals surface area (Å²) in [6, 6.07) is 4.50. The van der Waals surface area contributed by atoms with Gasteiger partial charge in [-0.3, -0.25) is 9.59 Å². The van der Waals surface area contributed by atoms with E-state index in [1.165, 1.54) is 31.2 Å². The number of hydrogen-bond acceptors (Lipinski definition) is 3. The van der Waals surface area contributed by atoms with E-state index in [1.54, 1.807) is 19.1 Å². The maximum Gasteiger partial charge on any atom is 0.337 e. The summed E-state index contributed by atoms with van der Waals surface area (Å²) in [5, 5.41) is 11.7. The number of allylic oxidation sites excluding steroid dienone is 3. The third kappa shape index (κ3) is 7.30. The normalized spacial score (nSPS) is 10.7. The number of carboxylic acids is 1. The summed E-state index contributed by atoms with van der Waals surface area (Å²) in [5.41, 5.74) is 0.502. The Bertz CT molecular complexity index is 733. The van der Waals surface area contributed by atoms with Gasteiger partial charge < -0.3 is 10.4 Å². The Morgan fingerprint density at radius 1 is 1.24 bits per heavy atom. The largest absolute Gasteiger partial charge is 0.478 e. The molecule has 0 aliphatic carbocycles. The molecule has 1 aromatic rings. The number of nitrogens with one attached hydrogen (secondary N) is 1. The average Bonchev–Trinajstić information content (AvgIpc) is 2.57. The van der Waals surface area contributed by atoms with Crippen LogP contribution in [0.15, 0.2) is 58.6 Å². The van der Waals surface area contributed by atoms with Crippen LogP contribution < -0.4 is 5.32 Å². The Labute approximate surface area is 156 Å². The van der Waals surface area contributed by atoms with Crippen molar-refractivity contribution in [3.63, 3.8) is 0 Å². The van der Waals surface area contributed by atoms with Crippen molar-refractivity contribution in [1.82, 2.24) is 0 Å². The van der Waals surface area contributed by atoms with Gasteiger partial charge in [0.1, 0.15) is 0 Å². The van der Waals surface area contributed by atoms with E-state index in [1.807, 2.05) is 13.8 Å². The molecule has 0 aromatic heterocycles. The van der Waals surface area contributed by atoms with Gasteiger partial charge in [0.2, 0.25) is 0 Å². The van der Waals surface area contributed by atoms with Crippen LogP contribution in [0.2, 0.25) is 0 Å². The van der Waals surface area contributed by atoms with Crippen molar-refractivity contribution >= 4 is 39.3 Å². The lowest BCUT2D eigenvalue weighted by Gasteiger charge is -2.10. The van der Waals surface area contributed by atoms with E-state index < -0.39 is 11.9 Å². The number of carboxylic acid groups (broad SMARTS) is 1. The lowest BCUT2D eigenvalue weighted by molar-refractivity contribution is -0.113. The lowest BCUT2D eigenvalue weighted by Crippen LogP contribution is -2.16. The van der Waals surface area contributed by atoms with E-state index in [0.717, 1.165) is 0 Å². The molecule has 0 heterocycles. The average molecular weight is 408 g/mol. The molecule has 0 bridgehead atoms. The van der Waals surface area contributed by atoms with Crippen molar-refractivity contribution in [3.05, 3.63) is 64.2 Å². The summed E-state index contributed by atoms with van der Waals surface area (Å²) in [6.45, 7) is 10.7. The predicted molar refractivity (Wildman–Crippen MR) is 104 cm³/mol. The topological polar surface area (TPSA) is 83.5 Å². The first-order valence-corrected chi connectivity index (χ1v) is 8.44. The van der Waals surface area contributed by atoms with Gasteiger partial charge in [0.15, 0.2) is 5.78 Å². The molecule has 5 nitrogen and oxygen atoms in total. The number of anilines is 1. The minimum atomic E-state index is -1.16. The molecule has 0 saturated carbocycles. The fraction of sp³-hybridized carbons (Fsp3) is 0.211. The first-order valence-electron chi connectivity index (χ1n) is 7.64. The fourth-order valence-electron chi connectivity index (χ4n) is 1.66. The highest BCUT2D eigenvalue weighted by atomic mass is 79.9. The van der Waals surface area contributed by atoms with E-state index in [2.05, 4.69) is 27.8 Å². The number of aromatic carboxylic acids is 1. The number of halogens is 1. The second-order valence-electron chi connectivity index (χ2n) is 4.63. The van der Waals surface area contributed by atoms with Crippen LogP contribution in [0.1, 0.15) is 38.1 Å². The number of Topliss-reactive ketones (excluding diaryl/α,β-unsaturated/α-hetero) is 1. The predicted octanol–water partition coefficient (Wildman–Crippen LogP) is 4.76. The van der Waals surface area contributed by atoms with Crippen LogP contribution >= 0.6 is 15.9 Å². The summed E-state index contributed by atoms with van der Waals surface area (Å²) in [4.78, 5) is 34.9. The molecular formula is C19H22BrNO4. The van der Waals surface area contributed by atoms with Crippen LogP contribution in [-0.4, -0.2) is 22.8 Å². The highest BCUT2D eigenvalue weighted by molar-refractivity contribution is 9.10. The SMILES string of the molecule is C=C(/C=C(\C=C/C)C(=O)Nc1ccc(Br)cc1C(=O)O)C(C)=O.CC. The van der Waals surface area contributed by atoms with Gasteiger partial charge in [-0.25, -0.2) is 4.79 Å². The summed E-state index contributed by atoms with van der Waals surface area (Å²) in [5.74, 6) is -1.95. The first kappa shape index (κ1) is 22.5. The van der Waals surface area contributed by atoms with Gasteiger partial charge in [-0.1, -0.05) is 48.5 Å². The van der Waals surface area contributed by atoms with Crippen LogP contribution in [0.25, 0.3) is 0 Å². The van der Waals surface area contributed by atoms with Gasteiger partial charge in [-0.05, 0) is 38.1 Å². The third-order valence-corrected chi connectivity index (χ3v) is 3.34.